The molecule has 3 rings (SSSR count). The molecule has 6 nitrogen and oxygen atoms in total. The summed E-state index contributed by atoms with van der Waals surface area (Å²) in [6.45, 7) is 3.58. The van der Waals surface area contributed by atoms with Crippen LogP contribution in [0.15, 0.2) is 41.6 Å². The number of carbonyl (C=O) groups excluding carboxylic acids is 2. The van der Waals surface area contributed by atoms with Crippen molar-refractivity contribution in [2.24, 2.45) is 0 Å². The standard InChI is InChI=1S/C20H19F3N4O2S/c1-11(2)27-15-6-4-3-5-13(15)26-20(27)30-10-17(29)24-9-16(28)25-14-8-7-12(21)18(22)19(14)23/h3-8,11H,9-10H2,1-2H3,(H,24,29)(H,25,28). The van der Waals surface area contributed by atoms with E-state index in [1.165, 1.54) is 11.8 Å². The van der Waals surface area contributed by atoms with Gasteiger partial charge in [0.1, 0.15) is 0 Å². The molecule has 2 amide bonds. The lowest BCUT2D eigenvalue weighted by Crippen LogP contribution is -2.34. The third-order valence-electron chi connectivity index (χ3n) is 4.17. The van der Waals surface area contributed by atoms with Crippen molar-refractivity contribution >= 4 is 40.3 Å². The highest BCUT2D eigenvalue weighted by atomic mass is 32.2. The molecule has 0 fully saturated rings. The molecule has 158 valence electrons. The van der Waals surface area contributed by atoms with Crippen molar-refractivity contribution in [1.29, 1.82) is 0 Å². The number of benzene rings is 2. The van der Waals surface area contributed by atoms with E-state index in [9.17, 15) is 22.8 Å². The van der Waals surface area contributed by atoms with Gasteiger partial charge in [0.05, 0.1) is 29.0 Å². The summed E-state index contributed by atoms with van der Waals surface area (Å²) in [5.74, 6) is -5.72. The number of hydrogen-bond acceptors (Lipinski definition) is 4. The second-order valence-electron chi connectivity index (χ2n) is 6.68. The molecule has 0 saturated carbocycles. The van der Waals surface area contributed by atoms with E-state index in [1.54, 1.807) is 0 Å². The van der Waals surface area contributed by atoms with Gasteiger partial charge in [-0.3, -0.25) is 9.59 Å². The van der Waals surface area contributed by atoms with Crippen molar-refractivity contribution in [3.8, 4) is 0 Å². The monoisotopic (exact) mass is 436 g/mol. The van der Waals surface area contributed by atoms with Crippen LogP contribution in [0.25, 0.3) is 11.0 Å². The predicted molar refractivity (Wildman–Crippen MR) is 109 cm³/mol. The van der Waals surface area contributed by atoms with Gasteiger partial charge in [0, 0.05) is 6.04 Å². The van der Waals surface area contributed by atoms with E-state index in [0.29, 0.717) is 11.2 Å². The summed E-state index contributed by atoms with van der Waals surface area (Å²) in [6, 6.07) is 9.38. The van der Waals surface area contributed by atoms with Crippen molar-refractivity contribution < 1.29 is 22.8 Å². The first kappa shape index (κ1) is 21.7. The second-order valence-corrected chi connectivity index (χ2v) is 7.63. The molecule has 1 heterocycles. The van der Waals surface area contributed by atoms with Crippen LogP contribution in [-0.2, 0) is 9.59 Å². The minimum absolute atomic E-state index is 0.0167. The SMILES string of the molecule is CC(C)n1c(SCC(=O)NCC(=O)Nc2ccc(F)c(F)c2F)nc2ccccc21. The second kappa shape index (κ2) is 9.21. The Morgan fingerprint density at radius 2 is 1.80 bits per heavy atom. The van der Waals surface area contributed by atoms with Crippen LogP contribution in [0, 0.1) is 17.5 Å². The molecule has 0 spiro atoms. The maximum atomic E-state index is 13.6. The average molecular weight is 436 g/mol. The summed E-state index contributed by atoms with van der Waals surface area (Å²) in [4.78, 5) is 28.5. The van der Waals surface area contributed by atoms with E-state index in [2.05, 4.69) is 15.6 Å². The summed E-state index contributed by atoms with van der Waals surface area (Å²) >= 11 is 1.23. The van der Waals surface area contributed by atoms with Crippen LogP contribution >= 0.6 is 11.8 Å². The van der Waals surface area contributed by atoms with Crippen LogP contribution < -0.4 is 10.6 Å². The minimum atomic E-state index is -1.68. The number of hydrogen-bond donors (Lipinski definition) is 2. The largest absolute Gasteiger partial charge is 0.346 e. The Morgan fingerprint density at radius 3 is 2.53 bits per heavy atom. The zero-order valence-corrected chi connectivity index (χ0v) is 17.0. The Balaban J connectivity index is 1.56. The molecule has 1 aromatic heterocycles. The molecule has 2 N–H and O–H groups in total. The van der Waals surface area contributed by atoms with Gasteiger partial charge in [0.15, 0.2) is 22.6 Å². The molecule has 0 aliphatic heterocycles. The Labute approximate surface area is 174 Å². The molecule has 0 unspecified atom stereocenters. The van der Waals surface area contributed by atoms with E-state index < -0.39 is 41.5 Å². The molecule has 10 heteroatoms. The fourth-order valence-electron chi connectivity index (χ4n) is 2.80. The van der Waals surface area contributed by atoms with Crippen LogP contribution in [0.1, 0.15) is 19.9 Å². The number of carbonyl (C=O) groups is 2. The Bertz CT molecular complexity index is 1100. The van der Waals surface area contributed by atoms with E-state index >= 15 is 0 Å². The fraction of sp³-hybridized carbons (Fsp3) is 0.250. The van der Waals surface area contributed by atoms with Crippen LogP contribution in [-0.4, -0.2) is 33.7 Å². The first-order chi connectivity index (χ1) is 14.3. The highest BCUT2D eigenvalue weighted by Crippen LogP contribution is 2.27. The summed E-state index contributed by atoms with van der Waals surface area (Å²) < 4.78 is 41.7. The lowest BCUT2D eigenvalue weighted by molar-refractivity contribution is -0.122. The third-order valence-corrected chi connectivity index (χ3v) is 5.12. The van der Waals surface area contributed by atoms with Crippen molar-refractivity contribution in [2.75, 3.05) is 17.6 Å². The summed E-state index contributed by atoms with van der Waals surface area (Å²) in [5, 5.41) is 5.17. The Kier molecular flexibility index (Phi) is 6.66. The number of fused-ring (bicyclic) bond motifs is 1. The summed E-state index contributed by atoms with van der Waals surface area (Å²) in [5.41, 5.74) is 1.28. The number of rotatable bonds is 7. The Morgan fingerprint density at radius 1 is 1.07 bits per heavy atom. The molecule has 0 saturated heterocycles. The van der Waals surface area contributed by atoms with E-state index in [1.807, 2.05) is 42.7 Å². The predicted octanol–water partition coefficient (Wildman–Crippen LogP) is 3.88. The molecule has 2 aromatic carbocycles. The number of imidazole rings is 1. The number of aromatic nitrogens is 2. The van der Waals surface area contributed by atoms with E-state index in [4.69, 9.17) is 0 Å². The van der Waals surface area contributed by atoms with Gasteiger partial charge in [0.25, 0.3) is 0 Å². The quantitative estimate of drug-likeness (QED) is 0.435. The van der Waals surface area contributed by atoms with Gasteiger partial charge in [-0.25, -0.2) is 18.2 Å². The molecule has 0 bridgehead atoms. The van der Waals surface area contributed by atoms with Crippen molar-refractivity contribution in [3.05, 3.63) is 53.8 Å². The average Bonchev–Trinajstić information content (AvgIpc) is 3.10. The normalized spacial score (nSPS) is 11.1. The van der Waals surface area contributed by atoms with Gasteiger partial charge in [-0.15, -0.1) is 0 Å². The van der Waals surface area contributed by atoms with Crippen LogP contribution in [0.3, 0.4) is 0 Å². The van der Waals surface area contributed by atoms with E-state index in [-0.39, 0.29) is 11.8 Å². The topological polar surface area (TPSA) is 76.0 Å². The summed E-state index contributed by atoms with van der Waals surface area (Å²) in [6.07, 6.45) is 0. The van der Waals surface area contributed by atoms with Gasteiger partial charge in [-0.1, -0.05) is 23.9 Å². The lowest BCUT2D eigenvalue weighted by Gasteiger charge is -2.12. The molecular weight excluding hydrogens is 417 g/mol. The number of thioether (sulfide) groups is 1. The van der Waals surface area contributed by atoms with Crippen molar-refractivity contribution in [3.63, 3.8) is 0 Å². The Hall–Kier alpha value is -3.01. The summed E-state index contributed by atoms with van der Waals surface area (Å²) in [7, 11) is 0. The highest BCUT2D eigenvalue weighted by molar-refractivity contribution is 7.99. The van der Waals surface area contributed by atoms with Gasteiger partial charge in [-0.2, -0.15) is 0 Å². The van der Waals surface area contributed by atoms with Gasteiger partial charge in [0.2, 0.25) is 11.8 Å². The van der Waals surface area contributed by atoms with Gasteiger partial charge >= 0.3 is 0 Å². The lowest BCUT2D eigenvalue weighted by atomic mass is 10.2. The maximum Gasteiger partial charge on any atom is 0.243 e. The number of para-hydroxylation sites is 2. The molecule has 0 radical (unpaired) electrons. The number of nitrogens with one attached hydrogen (secondary N) is 2. The molecule has 3 aromatic rings. The van der Waals surface area contributed by atoms with Gasteiger partial charge < -0.3 is 15.2 Å². The van der Waals surface area contributed by atoms with Crippen LogP contribution in [0.4, 0.5) is 18.9 Å². The zero-order valence-electron chi connectivity index (χ0n) is 16.2. The smallest absolute Gasteiger partial charge is 0.243 e. The molecule has 0 aliphatic rings. The van der Waals surface area contributed by atoms with Crippen molar-refractivity contribution in [1.82, 2.24) is 14.9 Å². The molecule has 0 atom stereocenters. The van der Waals surface area contributed by atoms with Crippen LogP contribution in [0.5, 0.6) is 0 Å². The molecule has 0 aliphatic carbocycles. The van der Waals surface area contributed by atoms with E-state index in [0.717, 1.165) is 17.1 Å². The first-order valence-electron chi connectivity index (χ1n) is 9.07. The van der Waals surface area contributed by atoms with Gasteiger partial charge in [-0.05, 0) is 38.1 Å². The first-order valence-corrected chi connectivity index (χ1v) is 10.1. The minimum Gasteiger partial charge on any atom is -0.346 e. The number of anilines is 1. The number of halogens is 3. The highest BCUT2D eigenvalue weighted by Gasteiger charge is 2.17. The number of amides is 2. The number of nitrogens with zero attached hydrogens (tertiary/aromatic N) is 2. The molecular formula is C20H19F3N4O2S. The third kappa shape index (κ3) is 4.76. The molecule has 30 heavy (non-hydrogen) atoms. The fourth-order valence-corrected chi connectivity index (χ4v) is 3.77. The van der Waals surface area contributed by atoms with Crippen LogP contribution in [0.2, 0.25) is 0 Å². The maximum absolute atomic E-state index is 13.6. The van der Waals surface area contributed by atoms with Crippen molar-refractivity contribution in [2.45, 2.75) is 25.0 Å². The zero-order chi connectivity index (χ0) is 21.8.